The monoisotopic (exact) mass is 366 g/mol. The third kappa shape index (κ3) is 6.69. The Morgan fingerprint density at radius 2 is 1.83 bits per heavy atom. The van der Waals surface area contributed by atoms with Crippen molar-refractivity contribution in [2.45, 2.75) is 51.7 Å². The average Bonchev–Trinajstić information content (AvgIpc) is 2.51. The summed E-state index contributed by atoms with van der Waals surface area (Å²) in [5.41, 5.74) is 5.49. The number of rotatable bonds is 7. The van der Waals surface area contributed by atoms with Gasteiger partial charge in [-0.25, -0.2) is 0 Å². The van der Waals surface area contributed by atoms with E-state index in [1.54, 1.807) is 13.0 Å². The van der Waals surface area contributed by atoms with Crippen LogP contribution in [0.4, 0.5) is 13.2 Å². The first-order valence-corrected chi connectivity index (χ1v) is 7.84. The van der Waals surface area contributed by atoms with Crippen molar-refractivity contribution in [3.63, 3.8) is 0 Å². The van der Waals surface area contributed by atoms with Gasteiger partial charge in [-0.3, -0.25) is 4.79 Å². The number of nitrogens with one attached hydrogen (secondary N) is 1. The zero-order chi connectivity index (χ0) is 17.7. The maximum absolute atomic E-state index is 12.7. The lowest BCUT2D eigenvalue weighted by molar-refractivity contribution is -0.137. The van der Waals surface area contributed by atoms with Crippen molar-refractivity contribution in [3.05, 3.63) is 35.4 Å². The molecule has 3 nitrogen and oxygen atoms in total. The number of benzene rings is 1. The van der Waals surface area contributed by atoms with Crippen LogP contribution in [0, 0.1) is 5.92 Å². The molecule has 0 bridgehead atoms. The molecule has 0 aliphatic heterocycles. The number of halogens is 4. The summed E-state index contributed by atoms with van der Waals surface area (Å²) >= 11 is 0. The van der Waals surface area contributed by atoms with Gasteiger partial charge in [0, 0.05) is 18.0 Å². The first kappa shape index (κ1) is 22.7. The molecule has 1 aromatic rings. The van der Waals surface area contributed by atoms with Crippen molar-refractivity contribution in [1.29, 1.82) is 0 Å². The molecule has 1 amide bonds. The van der Waals surface area contributed by atoms with E-state index in [0.29, 0.717) is 12.1 Å². The number of amides is 1. The molecule has 0 saturated heterocycles. The highest BCUT2D eigenvalue weighted by atomic mass is 35.5. The summed E-state index contributed by atoms with van der Waals surface area (Å²) in [5.74, 6) is -0.615. The molecule has 1 aromatic carbocycles. The molecule has 0 aromatic heterocycles. The second-order valence-corrected chi connectivity index (χ2v) is 6.09. The quantitative estimate of drug-likeness (QED) is 0.768. The zero-order valence-electron chi connectivity index (χ0n) is 14.2. The fourth-order valence-electron chi connectivity index (χ4n) is 2.26. The van der Waals surface area contributed by atoms with Gasteiger partial charge in [0.2, 0.25) is 5.91 Å². The van der Waals surface area contributed by atoms with Gasteiger partial charge in [0.1, 0.15) is 0 Å². The van der Waals surface area contributed by atoms with E-state index in [1.807, 2.05) is 13.8 Å². The lowest BCUT2D eigenvalue weighted by Crippen LogP contribution is -2.50. The predicted molar refractivity (Wildman–Crippen MR) is 92.1 cm³/mol. The van der Waals surface area contributed by atoms with E-state index in [9.17, 15) is 18.0 Å². The van der Waals surface area contributed by atoms with Gasteiger partial charge in [0.15, 0.2) is 0 Å². The molecule has 0 fully saturated rings. The van der Waals surface area contributed by atoms with E-state index in [1.165, 1.54) is 6.07 Å². The Morgan fingerprint density at radius 1 is 1.25 bits per heavy atom. The number of hydrogen-bond acceptors (Lipinski definition) is 2. The molecule has 24 heavy (non-hydrogen) atoms. The standard InChI is InChI=1S/C17H25F3N2O.ClH/c1-4-16(21,5-2)11-22-15(23)12(3)9-13-7-6-8-14(10-13)17(18,19)20;/h6-8,10,12H,4-5,9,11,21H2,1-3H3,(H,22,23);1H. The molecule has 138 valence electrons. The molecule has 0 saturated carbocycles. The maximum Gasteiger partial charge on any atom is 0.416 e. The van der Waals surface area contributed by atoms with Gasteiger partial charge in [-0.2, -0.15) is 13.2 Å². The summed E-state index contributed by atoms with van der Waals surface area (Å²) < 4.78 is 38.1. The molecule has 1 rings (SSSR count). The van der Waals surface area contributed by atoms with Gasteiger partial charge in [-0.05, 0) is 30.9 Å². The highest BCUT2D eigenvalue weighted by molar-refractivity contribution is 5.85. The van der Waals surface area contributed by atoms with Gasteiger partial charge in [-0.1, -0.05) is 39.0 Å². The third-order valence-electron chi connectivity index (χ3n) is 4.27. The first-order chi connectivity index (χ1) is 10.6. The highest BCUT2D eigenvalue weighted by Gasteiger charge is 2.30. The number of carbonyl (C=O) groups excluding carboxylic acids is 1. The summed E-state index contributed by atoms with van der Waals surface area (Å²) in [7, 11) is 0. The number of alkyl halides is 3. The Kier molecular flexibility index (Phi) is 8.78. The number of hydrogen-bond donors (Lipinski definition) is 2. The Bertz CT molecular complexity index is 531. The van der Waals surface area contributed by atoms with Crippen LogP contribution in [0.1, 0.15) is 44.7 Å². The maximum atomic E-state index is 12.7. The molecule has 7 heteroatoms. The Hall–Kier alpha value is -1.27. The van der Waals surface area contributed by atoms with Crippen LogP contribution in [-0.2, 0) is 17.4 Å². The smallest absolute Gasteiger partial charge is 0.354 e. The lowest BCUT2D eigenvalue weighted by Gasteiger charge is -2.27. The zero-order valence-corrected chi connectivity index (χ0v) is 15.1. The summed E-state index contributed by atoms with van der Waals surface area (Å²) in [5, 5.41) is 2.80. The SMILES string of the molecule is CCC(N)(CC)CNC(=O)C(C)Cc1cccc(C(F)(F)F)c1.Cl. The van der Waals surface area contributed by atoms with Crippen molar-refractivity contribution < 1.29 is 18.0 Å². The number of carbonyl (C=O) groups is 1. The van der Waals surface area contributed by atoms with Crippen LogP contribution in [-0.4, -0.2) is 18.0 Å². The number of nitrogens with two attached hydrogens (primary N) is 1. The van der Waals surface area contributed by atoms with Crippen LogP contribution in [0.15, 0.2) is 24.3 Å². The predicted octanol–water partition coefficient (Wildman–Crippen LogP) is 3.94. The van der Waals surface area contributed by atoms with E-state index in [2.05, 4.69) is 5.32 Å². The van der Waals surface area contributed by atoms with Crippen molar-refractivity contribution in [3.8, 4) is 0 Å². The van der Waals surface area contributed by atoms with Crippen LogP contribution >= 0.6 is 12.4 Å². The molecule has 0 heterocycles. The first-order valence-electron chi connectivity index (χ1n) is 7.84. The fraction of sp³-hybridized carbons (Fsp3) is 0.588. The second kappa shape index (κ2) is 9.28. The molecular weight excluding hydrogens is 341 g/mol. The minimum atomic E-state index is -4.37. The Balaban J connectivity index is 0.00000529. The van der Waals surface area contributed by atoms with E-state index in [4.69, 9.17) is 5.73 Å². The van der Waals surface area contributed by atoms with Gasteiger partial charge in [0.25, 0.3) is 0 Å². The fourth-order valence-corrected chi connectivity index (χ4v) is 2.26. The lowest BCUT2D eigenvalue weighted by atomic mass is 9.93. The molecule has 0 aliphatic carbocycles. The van der Waals surface area contributed by atoms with Crippen molar-refractivity contribution in [2.75, 3.05) is 6.54 Å². The molecule has 1 unspecified atom stereocenters. The summed E-state index contributed by atoms with van der Waals surface area (Å²) in [6.45, 7) is 5.99. The molecule has 1 atom stereocenters. The van der Waals surface area contributed by atoms with Crippen LogP contribution in [0.2, 0.25) is 0 Å². The van der Waals surface area contributed by atoms with Crippen molar-refractivity contribution >= 4 is 18.3 Å². The van der Waals surface area contributed by atoms with Crippen LogP contribution in [0.25, 0.3) is 0 Å². The molecular formula is C17H26ClF3N2O. The van der Waals surface area contributed by atoms with E-state index >= 15 is 0 Å². The highest BCUT2D eigenvalue weighted by Crippen LogP contribution is 2.30. The summed E-state index contributed by atoms with van der Waals surface area (Å²) in [4.78, 5) is 12.1. The average molecular weight is 367 g/mol. The van der Waals surface area contributed by atoms with Crippen LogP contribution in [0.3, 0.4) is 0 Å². The molecule has 0 spiro atoms. The van der Waals surface area contributed by atoms with Gasteiger partial charge >= 0.3 is 6.18 Å². The Morgan fingerprint density at radius 3 is 2.33 bits per heavy atom. The minimum absolute atomic E-state index is 0. The van der Waals surface area contributed by atoms with Crippen molar-refractivity contribution in [1.82, 2.24) is 5.32 Å². The molecule has 0 radical (unpaired) electrons. The van der Waals surface area contributed by atoms with Crippen molar-refractivity contribution in [2.24, 2.45) is 11.7 Å². The molecule has 3 N–H and O–H groups in total. The van der Waals surface area contributed by atoms with Gasteiger partial charge in [-0.15, -0.1) is 12.4 Å². The van der Waals surface area contributed by atoms with E-state index in [0.717, 1.165) is 25.0 Å². The second-order valence-electron chi connectivity index (χ2n) is 6.09. The van der Waals surface area contributed by atoms with E-state index in [-0.39, 0.29) is 24.7 Å². The minimum Gasteiger partial charge on any atom is -0.354 e. The van der Waals surface area contributed by atoms with Gasteiger partial charge < -0.3 is 11.1 Å². The topological polar surface area (TPSA) is 55.1 Å². The van der Waals surface area contributed by atoms with Crippen LogP contribution < -0.4 is 11.1 Å². The third-order valence-corrected chi connectivity index (χ3v) is 4.27. The van der Waals surface area contributed by atoms with Gasteiger partial charge in [0.05, 0.1) is 5.56 Å². The van der Waals surface area contributed by atoms with E-state index < -0.39 is 23.2 Å². The summed E-state index contributed by atoms with van der Waals surface area (Å²) in [6, 6.07) is 5.08. The van der Waals surface area contributed by atoms with Crippen LogP contribution in [0.5, 0.6) is 0 Å². The Labute approximate surface area is 147 Å². The normalized spacial score (nSPS) is 13.1. The largest absolute Gasteiger partial charge is 0.416 e. The summed E-state index contributed by atoms with van der Waals surface area (Å²) in [6.07, 6.45) is -2.63. The molecule has 0 aliphatic rings.